The molecule has 0 aromatic heterocycles. The number of methoxy groups -OCH3 is 1. The van der Waals surface area contributed by atoms with Crippen LogP contribution in [0.25, 0.3) is 0 Å². The lowest BCUT2D eigenvalue weighted by atomic mass is 10.1. The number of benzene rings is 1. The van der Waals surface area contributed by atoms with Crippen LogP contribution >= 0.6 is 0 Å². The Morgan fingerprint density at radius 2 is 1.88 bits per heavy atom. The zero-order valence-corrected chi connectivity index (χ0v) is 14.3. The second kappa shape index (κ2) is 9.15. The SMILES string of the molecule is CCC(CO)N1CCN(Cc2ccc(OC(F)F)c(OC)c2)CC1. The Bertz CT molecular complexity index is 505. The van der Waals surface area contributed by atoms with Crippen molar-refractivity contribution >= 4 is 0 Å². The summed E-state index contributed by atoms with van der Waals surface area (Å²) in [5, 5.41) is 9.39. The van der Waals surface area contributed by atoms with Gasteiger partial charge in [-0.15, -0.1) is 0 Å². The van der Waals surface area contributed by atoms with E-state index < -0.39 is 6.61 Å². The predicted molar refractivity (Wildman–Crippen MR) is 87.6 cm³/mol. The van der Waals surface area contributed by atoms with Crippen LogP contribution in [0.4, 0.5) is 8.78 Å². The van der Waals surface area contributed by atoms with E-state index in [0.29, 0.717) is 5.75 Å². The van der Waals surface area contributed by atoms with Gasteiger partial charge in [0.15, 0.2) is 11.5 Å². The zero-order chi connectivity index (χ0) is 17.5. The van der Waals surface area contributed by atoms with Gasteiger partial charge in [-0.3, -0.25) is 9.80 Å². The third kappa shape index (κ3) is 5.03. The molecule has 1 aliphatic heterocycles. The molecule has 1 saturated heterocycles. The van der Waals surface area contributed by atoms with Gasteiger partial charge < -0.3 is 14.6 Å². The summed E-state index contributed by atoms with van der Waals surface area (Å²) < 4.78 is 34.3. The molecule has 1 heterocycles. The highest BCUT2D eigenvalue weighted by molar-refractivity contribution is 5.43. The molecule has 1 fully saturated rings. The van der Waals surface area contributed by atoms with E-state index in [4.69, 9.17) is 4.74 Å². The lowest BCUT2D eigenvalue weighted by molar-refractivity contribution is -0.0512. The molecule has 0 spiro atoms. The first-order valence-electron chi connectivity index (χ1n) is 8.26. The fourth-order valence-electron chi connectivity index (χ4n) is 3.05. The van der Waals surface area contributed by atoms with E-state index in [-0.39, 0.29) is 18.4 Å². The summed E-state index contributed by atoms with van der Waals surface area (Å²) in [5.41, 5.74) is 0.996. The molecule has 2 rings (SSSR count). The van der Waals surface area contributed by atoms with Gasteiger partial charge in [-0.2, -0.15) is 8.78 Å². The molecule has 7 heteroatoms. The average Bonchev–Trinajstić information content (AvgIpc) is 2.58. The zero-order valence-electron chi connectivity index (χ0n) is 14.3. The number of piperazine rings is 1. The molecule has 1 aromatic rings. The molecule has 5 nitrogen and oxygen atoms in total. The van der Waals surface area contributed by atoms with Crippen molar-refractivity contribution in [2.45, 2.75) is 32.5 Å². The number of rotatable bonds is 8. The van der Waals surface area contributed by atoms with Crippen molar-refractivity contribution in [2.24, 2.45) is 0 Å². The third-order valence-electron chi connectivity index (χ3n) is 4.46. The molecule has 1 aliphatic rings. The Morgan fingerprint density at radius 3 is 2.42 bits per heavy atom. The van der Waals surface area contributed by atoms with Crippen molar-refractivity contribution in [1.82, 2.24) is 9.80 Å². The molecule has 1 N–H and O–H groups in total. The fraction of sp³-hybridized carbons (Fsp3) is 0.647. The number of ether oxygens (including phenoxy) is 2. The van der Waals surface area contributed by atoms with E-state index in [1.807, 2.05) is 0 Å². The van der Waals surface area contributed by atoms with Gasteiger partial charge in [-0.25, -0.2) is 0 Å². The summed E-state index contributed by atoms with van der Waals surface area (Å²) in [6.07, 6.45) is 0.944. The first-order valence-corrected chi connectivity index (χ1v) is 8.26. The van der Waals surface area contributed by atoms with Crippen molar-refractivity contribution in [1.29, 1.82) is 0 Å². The average molecular weight is 344 g/mol. The smallest absolute Gasteiger partial charge is 0.387 e. The van der Waals surface area contributed by atoms with E-state index in [1.165, 1.54) is 13.2 Å². The second-order valence-electron chi connectivity index (χ2n) is 5.92. The summed E-state index contributed by atoms with van der Waals surface area (Å²) in [5.74, 6) is 0.368. The summed E-state index contributed by atoms with van der Waals surface area (Å²) in [4.78, 5) is 4.62. The fourth-order valence-corrected chi connectivity index (χ4v) is 3.05. The van der Waals surface area contributed by atoms with Gasteiger partial charge in [-0.1, -0.05) is 13.0 Å². The highest BCUT2D eigenvalue weighted by atomic mass is 19.3. The molecule has 24 heavy (non-hydrogen) atoms. The minimum absolute atomic E-state index is 0.0507. The topological polar surface area (TPSA) is 45.2 Å². The van der Waals surface area contributed by atoms with Crippen LogP contribution in [0.2, 0.25) is 0 Å². The van der Waals surface area contributed by atoms with Crippen LogP contribution in [0, 0.1) is 0 Å². The van der Waals surface area contributed by atoms with Gasteiger partial charge in [0.05, 0.1) is 13.7 Å². The number of aliphatic hydroxyl groups excluding tert-OH is 1. The Balaban J connectivity index is 1.92. The first kappa shape index (κ1) is 18.9. The van der Waals surface area contributed by atoms with Crippen molar-refractivity contribution < 1.29 is 23.4 Å². The summed E-state index contributed by atoms with van der Waals surface area (Å²) in [6.45, 7) is 3.81. The van der Waals surface area contributed by atoms with E-state index in [0.717, 1.165) is 44.7 Å². The maximum atomic E-state index is 12.4. The van der Waals surface area contributed by atoms with E-state index in [1.54, 1.807) is 12.1 Å². The molecular formula is C17H26F2N2O3. The highest BCUT2D eigenvalue weighted by Crippen LogP contribution is 2.30. The van der Waals surface area contributed by atoms with Gasteiger partial charge in [0, 0.05) is 38.8 Å². The van der Waals surface area contributed by atoms with Crippen LogP contribution in [-0.4, -0.2) is 67.5 Å². The van der Waals surface area contributed by atoms with Gasteiger partial charge in [0.1, 0.15) is 0 Å². The Kier molecular flexibility index (Phi) is 7.20. The third-order valence-corrected chi connectivity index (χ3v) is 4.46. The maximum Gasteiger partial charge on any atom is 0.387 e. The predicted octanol–water partition coefficient (Wildman–Crippen LogP) is 2.19. The summed E-state index contributed by atoms with van der Waals surface area (Å²) in [6, 6.07) is 5.29. The van der Waals surface area contributed by atoms with Gasteiger partial charge in [-0.05, 0) is 24.1 Å². The summed E-state index contributed by atoms with van der Waals surface area (Å²) >= 11 is 0. The number of halogens is 2. The lowest BCUT2D eigenvalue weighted by Crippen LogP contribution is -2.50. The molecule has 1 atom stereocenters. The van der Waals surface area contributed by atoms with Gasteiger partial charge in [0.2, 0.25) is 0 Å². The number of alkyl halides is 2. The summed E-state index contributed by atoms with van der Waals surface area (Å²) in [7, 11) is 1.44. The van der Waals surface area contributed by atoms with Crippen LogP contribution < -0.4 is 9.47 Å². The standard InChI is InChI=1S/C17H26F2N2O3/c1-3-14(12-22)21-8-6-20(7-9-21)11-13-4-5-15(24-17(18)19)16(10-13)23-2/h4-5,10,14,17,22H,3,6-9,11-12H2,1-2H3. The second-order valence-corrected chi connectivity index (χ2v) is 5.92. The maximum absolute atomic E-state index is 12.4. The molecule has 0 saturated carbocycles. The normalized spacial score (nSPS) is 17.9. The van der Waals surface area contributed by atoms with E-state index in [9.17, 15) is 13.9 Å². The molecule has 1 aromatic carbocycles. The van der Waals surface area contributed by atoms with Gasteiger partial charge in [0.25, 0.3) is 0 Å². The van der Waals surface area contributed by atoms with Crippen LogP contribution in [0.1, 0.15) is 18.9 Å². The van der Waals surface area contributed by atoms with E-state index in [2.05, 4.69) is 21.5 Å². The van der Waals surface area contributed by atoms with Crippen LogP contribution in [0.3, 0.4) is 0 Å². The van der Waals surface area contributed by atoms with Crippen LogP contribution in [0.5, 0.6) is 11.5 Å². The van der Waals surface area contributed by atoms with E-state index >= 15 is 0 Å². The lowest BCUT2D eigenvalue weighted by Gasteiger charge is -2.38. The van der Waals surface area contributed by atoms with Crippen molar-refractivity contribution in [3.05, 3.63) is 23.8 Å². The molecule has 0 bridgehead atoms. The Labute approximate surface area is 141 Å². The number of nitrogens with zero attached hydrogens (tertiary/aromatic N) is 2. The molecular weight excluding hydrogens is 318 g/mol. The Morgan fingerprint density at radius 1 is 1.17 bits per heavy atom. The minimum Gasteiger partial charge on any atom is -0.493 e. The highest BCUT2D eigenvalue weighted by Gasteiger charge is 2.22. The minimum atomic E-state index is -2.86. The number of hydrogen-bond acceptors (Lipinski definition) is 5. The Hall–Kier alpha value is -1.44. The van der Waals surface area contributed by atoms with Crippen LogP contribution in [-0.2, 0) is 6.54 Å². The molecule has 1 unspecified atom stereocenters. The van der Waals surface area contributed by atoms with Crippen LogP contribution in [0.15, 0.2) is 18.2 Å². The van der Waals surface area contributed by atoms with Gasteiger partial charge >= 0.3 is 6.61 Å². The molecule has 0 radical (unpaired) electrons. The molecule has 0 amide bonds. The van der Waals surface area contributed by atoms with Crippen molar-refractivity contribution in [3.8, 4) is 11.5 Å². The quantitative estimate of drug-likeness (QED) is 0.783. The monoisotopic (exact) mass is 344 g/mol. The largest absolute Gasteiger partial charge is 0.493 e. The number of aliphatic hydroxyl groups is 1. The number of hydrogen-bond donors (Lipinski definition) is 1. The van der Waals surface area contributed by atoms with Crippen molar-refractivity contribution in [3.63, 3.8) is 0 Å². The molecule has 0 aliphatic carbocycles. The van der Waals surface area contributed by atoms with Crippen molar-refractivity contribution in [2.75, 3.05) is 39.9 Å². The molecule has 136 valence electrons. The first-order chi connectivity index (χ1) is 11.6.